The fourth-order valence-electron chi connectivity index (χ4n) is 1.24. The number of halogens is 2. The maximum atomic E-state index is 6.03. The molecule has 0 aliphatic rings. The third-order valence-electron chi connectivity index (χ3n) is 2.03. The summed E-state index contributed by atoms with van der Waals surface area (Å²) in [4.78, 5) is 0. The molecule has 3 heteroatoms. The monoisotopic (exact) mass is 250 g/mol. The van der Waals surface area contributed by atoms with E-state index in [2.05, 4.69) is 12.1 Å². The Balaban J connectivity index is 2.08. The van der Waals surface area contributed by atoms with Crippen LogP contribution in [0.1, 0.15) is 5.56 Å². The van der Waals surface area contributed by atoms with Gasteiger partial charge in [-0.1, -0.05) is 41.4 Å². The highest BCUT2D eigenvalue weighted by Crippen LogP contribution is 2.26. The summed E-state index contributed by atoms with van der Waals surface area (Å²) in [7, 11) is 0. The Morgan fingerprint density at radius 1 is 1.19 bits per heavy atom. The number of hydrogen-bond acceptors (Lipinski definition) is 1. The first-order chi connectivity index (χ1) is 7.77. The Labute approximate surface area is 105 Å². The summed E-state index contributed by atoms with van der Waals surface area (Å²) in [6, 6.07) is 16.5. The van der Waals surface area contributed by atoms with Crippen LogP contribution in [0.4, 0.5) is 0 Å². The molecule has 2 rings (SSSR count). The van der Waals surface area contributed by atoms with Gasteiger partial charge in [0.15, 0.2) is 0 Å². The first-order valence-electron chi connectivity index (χ1n) is 4.71. The second-order valence-corrected chi connectivity index (χ2v) is 3.94. The zero-order valence-electron chi connectivity index (χ0n) is 8.34. The van der Waals surface area contributed by atoms with Crippen LogP contribution in [0.25, 0.3) is 0 Å². The summed E-state index contributed by atoms with van der Waals surface area (Å²) in [5.41, 5.74) is 0.853. The van der Waals surface area contributed by atoms with Gasteiger partial charge >= 0.3 is 0 Å². The minimum Gasteiger partial charge on any atom is -0.488 e. The molecule has 0 N–H and O–H groups in total. The van der Waals surface area contributed by atoms with E-state index >= 15 is 0 Å². The third kappa shape index (κ3) is 2.69. The Bertz CT molecular complexity index is 469. The zero-order valence-corrected chi connectivity index (χ0v) is 9.85. The Morgan fingerprint density at radius 2 is 2.06 bits per heavy atom. The normalized spacial score (nSPS) is 10.1. The van der Waals surface area contributed by atoms with Crippen LogP contribution >= 0.6 is 23.2 Å². The van der Waals surface area contributed by atoms with Crippen molar-refractivity contribution < 1.29 is 4.74 Å². The minimum absolute atomic E-state index is 0.369. The van der Waals surface area contributed by atoms with Gasteiger partial charge in [0, 0.05) is 11.6 Å². The van der Waals surface area contributed by atoms with Crippen molar-refractivity contribution in [2.75, 3.05) is 0 Å². The molecule has 0 saturated heterocycles. The fraction of sp³-hybridized carbons (Fsp3) is 0.0769. The van der Waals surface area contributed by atoms with E-state index in [1.54, 1.807) is 24.3 Å². The van der Waals surface area contributed by atoms with E-state index in [1.807, 2.05) is 12.1 Å². The molecular formula is C13H8Cl2O. The summed E-state index contributed by atoms with van der Waals surface area (Å²) in [6.07, 6.45) is 0. The van der Waals surface area contributed by atoms with Crippen molar-refractivity contribution >= 4 is 23.2 Å². The van der Waals surface area contributed by atoms with Crippen molar-refractivity contribution in [2.45, 2.75) is 6.61 Å². The summed E-state index contributed by atoms with van der Waals surface area (Å²) in [6.45, 7) is 0.369. The van der Waals surface area contributed by atoms with Gasteiger partial charge in [0.05, 0.1) is 10.0 Å². The van der Waals surface area contributed by atoms with Gasteiger partial charge in [-0.25, -0.2) is 0 Å². The molecule has 2 radical (unpaired) electrons. The fourth-order valence-corrected chi connectivity index (χ4v) is 1.61. The summed E-state index contributed by atoms with van der Waals surface area (Å²) in [5, 5.41) is 1.07. The van der Waals surface area contributed by atoms with Crippen LogP contribution in [-0.2, 0) is 6.61 Å². The summed E-state index contributed by atoms with van der Waals surface area (Å²) >= 11 is 11.9. The van der Waals surface area contributed by atoms with Crippen LogP contribution in [0.15, 0.2) is 36.4 Å². The molecule has 1 nitrogen and oxygen atoms in total. The highest BCUT2D eigenvalue weighted by molar-refractivity contribution is 6.42. The van der Waals surface area contributed by atoms with E-state index in [1.165, 1.54) is 0 Å². The lowest BCUT2D eigenvalue weighted by molar-refractivity contribution is 0.305. The second kappa shape index (κ2) is 5.24. The quantitative estimate of drug-likeness (QED) is 0.795. The highest BCUT2D eigenvalue weighted by atomic mass is 35.5. The lowest BCUT2D eigenvalue weighted by Gasteiger charge is -2.07. The Morgan fingerprint density at radius 3 is 2.81 bits per heavy atom. The van der Waals surface area contributed by atoms with Crippen molar-refractivity contribution in [3.8, 4) is 5.75 Å². The van der Waals surface area contributed by atoms with Crippen LogP contribution in [0, 0.1) is 12.1 Å². The van der Waals surface area contributed by atoms with Crippen LogP contribution in [-0.4, -0.2) is 0 Å². The molecule has 0 aromatic heterocycles. The summed E-state index contributed by atoms with van der Waals surface area (Å²) in [5.74, 6) is 0.638. The number of ether oxygens (including phenoxy) is 1. The van der Waals surface area contributed by atoms with Crippen molar-refractivity contribution in [1.82, 2.24) is 0 Å². The van der Waals surface area contributed by atoms with Gasteiger partial charge in [0.25, 0.3) is 0 Å². The SMILES string of the molecule is Clc1cccc(COc2[c]cc[c]c2)c1Cl. The number of benzene rings is 2. The highest BCUT2D eigenvalue weighted by Gasteiger charge is 2.04. The smallest absolute Gasteiger partial charge is 0.128 e. The van der Waals surface area contributed by atoms with Crippen LogP contribution in [0.3, 0.4) is 0 Å². The van der Waals surface area contributed by atoms with Crippen LogP contribution < -0.4 is 4.74 Å². The molecule has 0 saturated carbocycles. The largest absolute Gasteiger partial charge is 0.488 e. The van der Waals surface area contributed by atoms with Gasteiger partial charge in [0.2, 0.25) is 0 Å². The molecule has 0 unspecified atom stereocenters. The standard InChI is InChI=1S/C13H8Cl2O/c14-12-8-4-5-10(13(12)15)9-16-11-6-2-1-3-7-11/h1-2,4-5,7-8H,9H2. The molecule has 16 heavy (non-hydrogen) atoms. The molecule has 0 fully saturated rings. The molecular weight excluding hydrogens is 243 g/mol. The van der Waals surface area contributed by atoms with Crippen LogP contribution in [0.2, 0.25) is 10.0 Å². The van der Waals surface area contributed by atoms with Gasteiger partial charge in [0.1, 0.15) is 12.4 Å². The summed E-state index contributed by atoms with van der Waals surface area (Å²) < 4.78 is 5.50. The van der Waals surface area contributed by atoms with Crippen LogP contribution in [0.5, 0.6) is 5.75 Å². The van der Waals surface area contributed by atoms with Gasteiger partial charge in [-0.05, 0) is 24.3 Å². The van der Waals surface area contributed by atoms with Gasteiger partial charge in [-0.2, -0.15) is 0 Å². The van der Waals surface area contributed by atoms with Crippen molar-refractivity contribution in [1.29, 1.82) is 0 Å². The number of rotatable bonds is 3. The van der Waals surface area contributed by atoms with Gasteiger partial charge < -0.3 is 4.74 Å². The van der Waals surface area contributed by atoms with Crippen molar-refractivity contribution in [2.24, 2.45) is 0 Å². The topological polar surface area (TPSA) is 9.23 Å². The van der Waals surface area contributed by atoms with E-state index in [4.69, 9.17) is 27.9 Å². The predicted molar refractivity (Wildman–Crippen MR) is 64.9 cm³/mol. The Hall–Kier alpha value is -1.18. The molecule has 80 valence electrons. The molecule has 0 aliphatic carbocycles. The average Bonchev–Trinajstić information content (AvgIpc) is 2.32. The lowest BCUT2D eigenvalue weighted by atomic mass is 10.2. The maximum Gasteiger partial charge on any atom is 0.128 e. The second-order valence-electron chi connectivity index (χ2n) is 3.15. The predicted octanol–water partition coefficient (Wildman–Crippen LogP) is 4.17. The van der Waals surface area contributed by atoms with E-state index in [9.17, 15) is 0 Å². The molecule has 0 aliphatic heterocycles. The molecule has 0 amide bonds. The van der Waals surface area contributed by atoms with Crippen molar-refractivity contribution in [3.05, 3.63) is 64.1 Å². The Kier molecular flexibility index (Phi) is 3.70. The molecule has 0 heterocycles. The van der Waals surface area contributed by atoms with E-state index in [0.717, 1.165) is 5.56 Å². The van der Waals surface area contributed by atoms with E-state index in [0.29, 0.717) is 22.4 Å². The van der Waals surface area contributed by atoms with Crippen molar-refractivity contribution in [3.63, 3.8) is 0 Å². The molecule has 0 atom stereocenters. The first-order valence-corrected chi connectivity index (χ1v) is 5.46. The van der Waals surface area contributed by atoms with E-state index in [-0.39, 0.29) is 0 Å². The lowest BCUT2D eigenvalue weighted by Crippen LogP contribution is -1.96. The first kappa shape index (κ1) is 11.3. The molecule has 2 aromatic carbocycles. The van der Waals surface area contributed by atoms with E-state index < -0.39 is 0 Å². The third-order valence-corrected chi connectivity index (χ3v) is 2.89. The number of hydrogen-bond donors (Lipinski definition) is 0. The average molecular weight is 251 g/mol. The molecule has 0 spiro atoms. The molecule has 2 aromatic rings. The minimum atomic E-state index is 0.369. The van der Waals surface area contributed by atoms with Gasteiger partial charge in [-0.3, -0.25) is 0 Å². The molecule has 0 bridgehead atoms. The zero-order chi connectivity index (χ0) is 11.4. The maximum absolute atomic E-state index is 6.03. The van der Waals surface area contributed by atoms with Gasteiger partial charge in [-0.15, -0.1) is 0 Å².